The fourth-order valence-electron chi connectivity index (χ4n) is 1.99. The number of aliphatic imine (C=N–C) groups is 1. The van der Waals surface area contributed by atoms with Gasteiger partial charge >= 0.3 is 0 Å². The second kappa shape index (κ2) is 8.95. The van der Waals surface area contributed by atoms with Gasteiger partial charge in [-0.3, -0.25) is 4.99 Å². The van der Waals surface area contributed by atoms with Gasteiger partial charge in [-0.2, -0.15) is 0 Å². The van der Waals surface area contributed by atoms with E-state index in [0.29, 0.717) is 6.04 Å². The summed E-state index contributed by atoms with van der Waals surface area (Å²) in [6.07, 6.45) is 3.73. The van der Waals surface area contributed by atoms with Crippen LogP contribution in [0.2, 0.25) is 0 Å². The average molecular weight is 296 g/mol. The first-order chi connectivity index (χ1) is 9.52. The van der Waals surface area contributed by atoms with Crippen molar-refractivity contribution in [2.45, 2.75) is 59.5 Å². The molecule has 0 aliphatic heterocycles. The third-order valence-corrected chi connectivity index (χ3v) is 4.22. The zero-order chi connectivity index (χ0) is 15.0. The number of aromatic nitrogens is 1. The zero-order valence-corrected chi connectivity index (χ0v) is 14.2. The summed E-state index contributed by atoms with van der Waals surface area (Å²) in [5.74, 6) is 1.66. The lowest BCUT2D eigenvalue weighted by Crippen LogP contribution is -2.41. The van der Waals surface area contributed by atoms with Crippen LogP contribution in [0.3, 0.4) is 0 Å². The molecule has 1 aromatic rings. The molecule has 20 heavy (non-hydrogen) atoms. The van der Waals surface area contributed by atoms with Crippen molar-refractivity contribution in [1.29, 1.82) is 0 Å². The lowest BCUT2D eigenvalue weighted by Gasteiger charge is -2.18. The lowest BCUT2D eigenvalue weighted by molar-refractivity contribution is 0.491. The van der Waals surface area contributed by atoms with Gasteiger partial charge in [-0.05, 0) is 26.2 Å². The van der Waals surface area contributed by atoms with Gasteiger partial charge < -0.3 is 10.6 Å². The van der Waals surface area contributed by atoms with Gasteiger partial charge in [0, 0.05) is 18.0 Å². The smallest absolute Gasteiger partial charge is 0.191 e. The topological polar surface area (TPSA) is 49.3 Å². The summed E-state index contributed by atoms with van der Waals surface area (Å²) in [4.78, 5) is 9.80. The first-order valence-electron chi connectivity index (χ1n) is 7.39. The van der Waals surface area contributed by atoms with E-state index in [1.807, 2.05) is 19.5 Å². The van der Waals surface area contributed by atoms with E-state index in [1.54, 1.807) is 11.3 Å². The van der Waals surface area contributed by atoms with Gasteiger partial charge in [0.15, 0.2) is 5.96 Å². The fourth-order valence-corrected chi connectivity index (χ4v) is 2.71. The minimum Gasteiger partial charge on any atom is -0.354 e. The summed E-state index contributed by atoms with van der Waals surface area (Å²) < 4.78 is 0. The lowest BCUT2D eigenvalue weighted by atomic mass is 10.0. The highest BCUT2D eigenvalue weighted by atomic mass is 32.1. The van der Waals surface area contributed by atoms with E-state index in [4.69, 9.17) is 0 Å². The summed E-state index contributed by atoms with van der Waals surface area (Å²) >= 11 is 1.68. The molecule has 1 atom stereocenters. The molecule has 0 spiro atoms. The normalized spacial score (nSPS) is 13.6. The van der Waals surface area contributed by atoms with E-state index < -0.39 is 0 Å². The van der Waals surface area contributed by atoms with Crippen molar-refractivity contribution in [3.63, 3.8) is 0 Å². The maximum absolute atomic E-state index is 4.28. The quantitative estimate of drug-likeness (QED) is 0.599. The predicted molar refractivity (Wildman–Crippen MR) is 88.3 cm³/mol. The summed E-state index contributed by atoms with van der Waals surface area (Å²) in [5, 5.41) is 6.80. The fraction of sp³-hybridized carbons (Fsp3) is 0.733. The van der Waals surface area contributed by atoms with Gasteiger partial charge in [0.1, 0.15) is 0 Å². The molecule has 0 saturated heterocycles. The summed E-state index contributed by atoms with van der Waals surface area (Å²) in [7, 11) is 1.82. The van der Waals surface area contributed by atoms with E-state index in [2.05, 4.69) is 41.4 Å². The van der Waals surface area contributed by atoms with E-state index in [1.165, 1.54) is 24.1 Å². The van der Waals surface area contributed by atoms with E-state index in [9.17, 15) is 0 Å². The van der Waals surface area contributed by atoms with E-state index in [0.717, 1.165) is 24.1 Å². The molecule has 114 valence electrons. The molecule has 0 bridgehead atoms. The Labute approximate surface area is 127 Å². The Morgan fingerprint density at radius 3 is 2.65 bits per heavy atom. The molecule has 0 saturated carbocycles. The predicted octanol–water partition coefficient (Wildman–Crippen LogP) is 3.33. The third kappa shape index (κ3) is 6.37. The van der Waals surface area contributed by atoms with Gasteiger partial charge in [-0.25, -0.2) is 4.98 Å². The number of hydrogen-bond donors (Lipinski definition) is 2. The van der Waals surface area contributed by atoms with Crippen LogP contribution in [0.1, 0.15) is 50.6 Å². The van der Waals surface area contributed by atoms with Gasteiger partial charge in [-0.15, -0.1) is 11.3 Å². The Morgan fingerprint density at radius 2 is 2.10 bits per heavy atom. The van der Waals surface area contributed by atoms with Gasteiger partial charge in [-0.1, -0.05) is 26.7 Å². The van der Waals surface area contributed by atoms with Crippen LogP contribution in [0.4, 0.5) is 0 Å². The van der Waals surface area contributed by atoms with Crippen LogP contribution in [0, 0.1) is 12.8 Å². The molecular formula is C15H28N4S. The molecule has 0 fully saturated rings. The second-order valence-corrected chi connectivity index (χ2v) is 6.60. The maximum atomic E-state index is 4.28. The third-order valence-electron chi connectivity index (χ3n) is 3.29. The molecule has 4 nitrogen and oxygen atoms in total. The first-order valence-corrected chi connectivity index (χ1v) is 8.27. The number of hydrogen-bond acceptors (Lipinski definition) is 3. The van der Waals surface area contributed by atoms with Gasteiger partial charge in [0.25, 0.3) is 0 Å². The number of thiazole rings is 1. The molecule has 0 amide bonds. The molecule has 1 unspecified atom stereocenters. The van der Waals surface area contributed by atoms with Crippen molar-refractivity contribution in [1.82, 2.24) is 15.6 Å². The van der Waals surface area contributed by atoms with Crippen molar-refractivity contribution < 1.29 is 0 Å². The maximum Gasteiger partial charge on any atom is 0.191 e. The molecule has 0 aliphatic rings. The average Bonchev–Trinajstić information content (AvgIpc) is 2.79. The van der Waals surface area contributed by atoms with Crippen LogP contribution in [-0.2, 0) is 6.54 Å². The van der Waals surface area contributed by atoms with Crippen LogP contribution < -0.4 is 10.6 Å². The summed E-state index contributed by atoms with van der Waals surface area (Å²) in [6.45, 7) is 9.59. The Morgan fingerprint density at radius 1 is 1.35 bits per heavy atom. The molecule has 0 radical (unpaired) electrons. The SMILES string of the molecule is CN=C(NCc1scnc1C)NC(C)CCCC(C)C. The van der Waals surface area contributed by atoms with Crippen molar-refractivity contribution in [3.8, 4) is 0 Å². The van der Waals surface area contributed by atoms with E-state index in [-0.39, 0.29) is 0 Å². The minimum absolute atomic E-state index is 0.447. The molecule has 0 aromatic carbocycles. The number of nitrogens with one attached hydrogen (secondary N) is 2. The van der Waals surface area contributed by atoms with Crippen LogP contribution in [0.25, 0.3) is 0 Å². The van der Waals surface area contributed by atoms with Crippen LogP contribution in [-0.4, -0.2) is 24.0 Å². The van der Waals surface area contributed by atoms with Gasteiger partial charge in [0.05, 0.1) is 17.7 Å². The van der Waals surface area contributed by atoms with Crippen LogP contribution in [0.15, 0.2) is 10.5 Å². The van der Waals surface area contributed by atoms with Crippen LogP contribution in [0.5, 0.6) is 0 Å². The standard InChI is InChI=1S/C15H28N4S/c1-11(2)7-6-8-12(3)19-15(16-5)17-9-14-13(4)18-10-20-14/h10-12H,6-9H2,1-5H3,(H2,16,17,19). The second-order valence-electron chi connectivity index (χ2n) is 5.66. The van der Waals surface area contributed by atoms with E-state index >= 15 is 0 Å². The Bertz CT molecular complexity index is 412. The van der Waals surface area contributed by atoms with Crippen molar-refractivity contribution in [2.75, 3.05) is 7.05 Å². The molecule has 1 aromatic heterocycles. The highest BCUT2D eigenvalue weighted by Crippen LogP contribution is 2.11. The number of aryl methyl sites for hydroxylation is 1. The number of rotatable bonds is 7. The molecule has 1 heterocycles. The minimum atomic E-state index is 0.447. The molecular weight excluding hydrogens is 268 g/mol. The summed E-state index contributed by atoms with van der Waals surface area (Å²) in [5.41, 5.74) is 2.99. The van der Waals surface area contributed by atoms with Crippen molar-refractivity contribution in [3.05, 3.63) is 16.1 Å². The highest BCUT2D eigenvalue weighted by molar-refractivity contribution is 7.09. The summed E-state index contributed by atoms with van der Waals surface area (Å²) in [6, 6.07) is 0.447. The number of nitrogens with zero attached hydrogens (tertiary/aromatic N) is 2. The first kappa shape index (κ1) is 17.0. The Hall–Kier alpha value is -1.10. The Balaban J connectivity index is 2.30. The molecule has 2 N–H and O–H groups in total. The largest absolute Gasteiger partial charge is 0.354 e. The molecule has 5 heteroatoms. The van der Waals surface area contributed by atoms with Crippen molar-refractivity contribution in [2.24, 2.45) is 10.9 Å². The van der Waals surface area contributed by atoms with Crippen LogP contribution >= 0.6 is 11.3 Å². The van der Waals surface area contributed by atoms with Crippen molar-refractivity contribution >= 4 is 17.3 Å². The Kier molecular flexibility index (Phi) is 7.59. The molecule has 1 rings (SSSR count). The zero-order valence-electron chi connectivity index (χ0n) is 13.4. The highest BCUT2D eigenvalue weighted by Gasteiger charge is 2.07. The van der Waals surface area contributed by atoms with Gasteiger partial charge in [0.2, 0.25) is 0 Å². The number of guanidine groups is 1. The monoisotopic (exact) mass is 296 g/mol. The molecule has 0 aliphatic carbocycles.